The summed E-state index contributed by atoms with van der Waals surface area (Å²) in [6.07, 6.45) is 3.57. The van der Waals surface area contributed by atoms with E-state index >= 15 is 0 Å². The number of anilines is 1. The van der Waals surface area contributed by atoms with E-state index in [-0.39, 0.29) is 17.2 Å². The summed E-state index contributed by atoms with van der Waals surface area (Å²) in [6.45, 7) is 1.95. The molecule has 2 heterocycles. The number of aromatic amines is 2. The molecule has 1 aromatic carbocycles. The number of H-pyrrole nitrogens is 2. The molecule has 3 aromatic rings. The van der Waals surface area contributed by atoms with E-state index in [1.54, 1.807) is 24.4 Å². The van der Waals surface area contributed by atoms with Gasteiger partial charge in [0, 0.05) is 25.1 Å². The summed E-state index contributed by atoms with van der Waals surface area (Å²) in [4.78, 5) is 28.1. The number of nitrogens with one attached hydrogen (secondary N) is 3. The molecule has 0 saturated heterocycles. The number of nitrogens with zero attached hydrogens (tertiary/aromatic N) is 2. The van der Waals surface area contributed by atoms with E-state index in [1.807, 2.05) is 24.7 Å². The number of hydrogen-bond acceptors (Lipinski definition) is 4. The third kappa shape index (κ3) is 2.22. The molecule has 108 valence electrons. The zero-order valence-corrected chi connectivity index (χ0v) is 11.7. The monoisotopic (exact) mass is 285 g/mol. The molecule has 1 unspecified atom stereocenters. The first kappa shape index (κ1) is 13.2. The normalized spacial score (nSPS) is 12.5. The smallest absolute Gasteiger partial charge is 0.272 e. The van der Waals surface area contributed by atoms with Crippen molar-refractivity contribution in [2.45, 2.75) is 13.0 Å². The first-order valence-electron chi connectivity index (χ1n) is 6.55. The number of benzene rings is 1. The van der Waals surface area contributed by atoms with Crippen molar-refractivity contribution in [1.82, 2.24) is 19.7 Å². The van der Waals surface area contributed by atoms with Gasteiger partial charge in [-0.3, -0.25) is 19.8 Å². The lowest BCUT2D eigenvalue weighted by Gasteiger charge is -2.16. The topological polar surface area (TPSA) is 95.6 Å². The lowest BCUT2D eigenvalue weighted by Crippen LogP contribution is -2.21. The van der Waals surface area contributed by atoms with Gasteiger partial charge in [-0.25, -0.2) is 4.98 Å². The van der Waals surface area contributed by atoms with E-state index in [1.165, 1.54) is 0 Å². The van der Waals surface area contributed by atoms with Gasteiger partial charge in [-0.1, -0.05) is 6.07 Å². The predicted octanol–water partition coefficient (Wildman–Crippen LogP) is 1.12. The third-order valence-corrected chi connectivity index (χ3v) is 3.44. The highest BCUT2D eigenvalue weighted by atomic mass is 16.1. The Balaban J connectivity index is 2.10. The quantitative estimate of drug-likeness (QED) is 0.672. The van der Waals surface area contributed by atoms with Crippen LogP contribution in [0.2, 0.25) is 0 Å². The molecule has 0 spiro atoms. The third-order valence-electron chi connectivity index (χ3n) is 3.44. The Hall–Kier alpha value is -2.83. The van der Waals surface area contributed by atoms with E-state index in [2.05, 4.69) is 20.5 Å². The summed E-state index contributed by atoms with van der Waals surface area (Å²) >= 11 is 0. The van der Waals surface area contributed by atoms with Crippen molar-refractivity contribution < 1.29 is 0 Å². The summed E-state index contributed by atoms with van der Waals surface area (Å²) in [5.41, 5.74) is -0.0482. The fourth-order valence-electron chi connectivity index (χ4n) is 2.44. The standard InChI is InChI=1S/C14H15N5O2/c1-8(12-15-6-7-19(12)2)16-10-5-3-4-9-11(10)14(21)18-17-13(9)20/h3-8,16H,1-2H3,(H,17,20)(H,18,21). The number of rotatable bonds is 3. The van der Waals surface area contributed by atoms with Crippen LogP contribution in [0.1, 0.15) is 18.8 Å². The van der Waals surface area contributed by atoms with Crippen LogP contribution in [0, 0.1) is 0 Å². The first-order chi connectivity index (χ1) is 10.1. The molecule has 1 atom stereocenters. The molecule has 0 aliphatic rings. The fourth-order valence-corrected chi connectivity index (χ4v) is 2.44. The largest absolute Gasteiger partial charge is 0.375 e. The SMILES string of the molecule is CC(Nc1cccc2c(=O)[nH][nH]c(=O)c12)c1nccn1C. The minimum Gasteiger partial charge on any atom is -0.375 e. The van der Waals surface area contributed by atoms with E-state index in [0.29, 0.717) is 16.5 Å². The minimum absolute atomic E-state index is 0.103. The molecule has 0 bridgehead atoms. The number of imidazole rings is 1. The molecular weight excluding hydrogens is 270 g/mol. The Morgan fingerprint density at radius 2 is 2.00 bits per heavy atom. The van der Waals surface area contributed by atoms with Gasteiger partial charge in [0.15, 0.2) is 0 Å². The second kappa shape index (κ2) is 4.93. The maximum Gasteiger partial charge on any atom is 0.272 e. The van der Waals surface area contributed by atoms with Crippen molar-refractivity contribution in [1.29, 1.82) is 0 Å². The van der Waals surface area contributed by atoms with Gasteiger partial charge < -0.3 is 9.88 Å². The van der Waals surface area contributed by atoms with E-state index in [0.717, 1.165) is 5.82 Å². The van der Waals surface area contributed by atoms with E-state index in [4.69, 9.17) is 0 Å². The molecule has 2 aromatic heterocycles. The van der Waals surface area contributed by atoms with Crippen LogP contribution < -0.4 is 16.4 Å². The summed E-state index contributed by atoms with van der Waals surface area (Å²) < 4.78 is 1.90. The van der Waals surface area contributed by atoms with E-state index in [9.17, 15) is 9.59 Å². The summed E-state index contributed by atoms with van der Waals surface area (Å²) in [5, 5.41) is 8.62. The molecule has 7 nitrogen and oxygen atoms in total. The summed E-state index contributed by atoms with van der Waals surface area (Å²) in [7, 11) is 1.90. The number of aromatic nitrogens is 4. The Morgan fingerprint density at radius 1 is 1.24 bits per heavy atom. The second-order valence-corrected chi connectivity index (χ2v) is 4.90. The van der Waals surface area contributed by atoms with Gasteiger partial charge in [-0.2, -0.15) is 0 Å². The van der Waals surface area contributed by atoms with Crippen molar-refractivity contribution in [3.05, 3.63) is 57.1 Å². The fraction of sp³-hybridized carbons (Fsp3) is 0.214. The lowest BCUT2D eigenvalue weighted by atomic mass is 10.1. The highest BCUT2D eigenvalue weighted by Gasteiger charge is 2.13. The van der Waals surface area contributed by atoms with Crippen LogP contribution in [0.15, 0.2) is 40.2 Å². The minimum atomic E-state index is -0.334. The Bertz CT molecular complexity index is 905. The Labute approximate surface area is 119 Å². The highest BCUT2D eigenvalue weighted by molar-refractivity contribution is 5.92. The molecule has 21 heavy (non-hydrogen) atoms. The maximum absolute atomic E-state index is 12.0. The average molecular weight is 285 g/mol. The van der Waals surface area contributed by atoms with Crippen LogP contribution in [-0.2, 0) is 7.05 Å². The average Bonchev–Trinajstić information content (AvgIpc) is 2.89. The van der Waals surface area contributed by atoms with Crippen LogP contribution >= 0.6 is 0 Å². The van der Waals surface area contributed by atoms with Gasteiger partial charge in [0.2, 0.25) is 0 Å². The molecule has 0 aliphatic carbocycles. The van der Waals surface area contributed by atoms with Gasteiger partial charge in [-0.05, 0) is 19.1 Å². The predicted molar refractivity (Wildman–Crippen MR) is 80.4 cm³/mol. The number of aryl methyl sites for hydroxylation is 1. The molecule has 0 fully saturated rings. The number of hydrogen-bond donors (Lipinski definition) is 3. The lowest BCUT2D eigenvalue weighted by molar-refractivity contribution is 0.722. The van der Waals surface area contributed by atoms with Crippen LogP contribution in [0.3, 0.4) is 0 Å². The van der Waals surface area contributed by atoms with Crippen molar-refractivity contribution in [2.24, 2.45) is 7.05 Å². The van der Waals surface area contributed by atoms with Crippen molar-refractivity contribution in [3.63, 3.8) is 0 Å². The van der Waals surface area contributed by atoms with Gasteiger partial charge in [0.25, 0.3) is 11.1 Å². The summed E-state index contributed by atoms with van der Waals surface area (Å²) in [6, 6.07) is 5.04. The van der Waals surface area contributed by atoms with Crippen molar-refractivity contribution in [2.75, 3.05) is 5.32 Å². The van der Waals surface area contributed by atoms with E-state index < -0.39 is 0 Å². The maximum atomic E-state index is 12.0. The van der Waals surface area contributed by atoms with Crippen LogP contribution in [0.25, 0.3) is 10.8 Å². The Morgan fingerprint density at radius 3 is 2.71 bits per heavy atom. The first-order valence-corrected chi connectivity index (χ1v) is 6.55. The van der Waals surface area contributed by atoms with Gasteiger partial charge >= 0.3 is 0 Å². The molecular formula is C14H15N5O2. The van der Waals surface area contributed by atoms with Gasteiger partial charge in [0.05, 0.1) is 16.8 Å². The zero-order valence-electron chi connectivity index (χ0n) is 11.7. The molecule has 3 rings (SSSR count). The molecule has 7 heteroatoms. The molecule has 0 aliphatic heterocycles. The number of fused-ring (bicyclic) bond motifs is 1. The molecule has 0 saturated carbocycles. The van der Waals surface area contributed by atoms with Crippen LogP contribution in [0.5, 0.6) is 0 Å². The van der Waals surface area contributed by atoms with Crippen molar-refractivity contribution in [3.8, 4) is 0 Å². The second-order valence-electron chi connectivity index (χ2n) is 4.90. The zero-order chi connectivity index (χ0) is 15.0. The summed E-state index contributed by atoms with van der Waals surface area (Å²) in [5.74, 6) is 0.841. The molecule has 0 amide bonds. The van der Waals surface area contributed by atoms with Gasteiger partial charge in [-0.15, -0.1) is 0 Å². The molecule has 3 N–H and O–H groups in total. The van der Waals surface area contributed by atoms with Crippen LogP contribution in [-0.4, -0.2) is 19.7 Å². The van der Waals surface area contributed by atoms with Crippen LogP contribution in [0.4, 0.5) is 5.69 Å². The van der Waals surface area contributed by atoms with Crippen molar-refractivity contribution >= 4 is 16.5 Å². The highest BCUT2D eigenvalue weighted by Crippen LogP contribution is 2.22. The Kier molecular flexibility index (Phi) is 3.09. The van der Waals surface area contributed by atoms with Gasteiger partial charge in [0.1, 0.15) is 5.82 Å². The molecule has 0 radical (unpaired) electrons.